The summed E-state index contributed by atoms with van der Waals surface area (Å²) in [5.74, 6) is 0.162. The van der Waals surface area contributed by atoms with Gasteiger partial charge in [-0.1, -0.05) is 62.4 Å². The number of benzene rings is 2. The molecule has 0 aliphatic heterocycles. The first-order valence-electron chi connectivity index (χ1n) is 8.48. The van der Waals surface area contributed by atoms with Crippen LogP contribution in [0, 0.1) is 6.92 Å². The molecule has 0 saturated heterocycles. The first-order chi connectivity index (χ1) is 11.4. The number of ether oxygens (including phenoxy) is 1. The van der Waals surface area contributed by atoms with E-state index >= 15 is 0 Å². The number of carbonyl (C=O) groups is 1. The predicted molar refractivity (Wildman–Crippen MR) is 99.4 cm³/mol. The van der Waals surface area contributed by atoms with Crippen LogP contribution in [0.5, 0.6) is 5.75 Å². The lowest BCUT2D eigenvalue weighted by Crippen LogP contribution is -2.26. The first kappa shape index (κ1) is 18.0. The average Bonchev–Trinajstić information content (AvgIpc) is 2.59. The van der Waals surface area contributed by atoms with Gasteiger partial charge in [0.2, 0.25) is 0 Å². The summed E-state index contributed by atoms with van der Waals surface area (Å²) >= 11 is 0. The highest BCUT2D eigenvalue weighted by Crippen LogP contribution is 2.39. The van der Waals surface area contributed by atoms with E-state index in [1.807, 2.05) is 12.1 Å². The van der Waals surface area contributed by atoms with Gasteiger partial charge in [-0.15, -0.1) is 0 Å². The third kappa shape index (κ3) is 3.59. The van der Waals surface area contributed by atoms with Crippen molar-refractivity contribution in [3.8, 4) is 5.75 Å². The van der Waals surface area contributed by atoms with Crippen LogP contribution in [0.1, 0.15) is 50.3 Å². The van der Waals surface area contributed by atoms with E-state index in [2.05, 4.69) is 63.7 Å². The molecule has 0 saturated carbocycles. The summed E-state index contributed by atoms with van der Waals surface area (Å²) in [6.45, 7) is 11.8. The van der Waals surface area contributed by atoms with E-state index in [0.717, 1.165) is 12.8 Å². The maximum absolute atomic E-state index is 11.6. The van der Waals surface area contributed by atoms with E-state index in [4.69, 9.17) is 4.74 Å². The Kier molecular flexibility index (Phi) is 5.61. The number of hydrogen-bond acceptors (Lipinski definition) is 2. The normalized spacial score (nSPS) is 11.2. The zero-order valence-corrected chi connectivity index (χ0v) is 15.1. The van der Waals surface area contributed by atoms with Crippen molar-refractivity contribution in [2.75, 3.05) is 0 Å². The molecular formula is C22H26O2. The van der Waals surface area contributed by atoms with Gasteiger partial charge in [0.1, 0.15) is 5.75 Å². The van der Waals surface area contributed by atoms with Crippen molar-refractivity contribution in [2.24, 2.45) is 0 Å². The lowest BCUT2D eigenvalue weighted by atomic mass is 9.70. The highest BCUT2D eigenvalue weighted by molar-refractivity contribution is 5.88. The molecule has 0 amide bonds. The number of hydrogen-bond donors (Lipinski definition) is 0. The molecule has 0 bridgehead atoms. The third-order valence-electron chi connectivity index (χ3n) is 4.78. The van der Waals surface area contributed by atoms with Gasteiger partial charge in [0.25, 0.3) is 0 Å². The van der Waals surface area contributed by atoms with E-state index in [0.29, 0.717) is 11.3 Å². The Morgan fingerprint density at radius 1 is 0.958 bits per heavy atom. The molecule has 0 N–H and O–H groups in total. The van der Waals surface area contributed by atoms with E-state index in [-0.39, 0.29) is 5.41 Å². The summed E-state index contributed by atoms with van der Waals surface area (Å²) in [6.07, 6.45) is 2.02. The van der Waals surface area contributed by atoms with E-state index in [1.54, 1.807) is 6.92 Å². The van der Waals surface area contributed by atoms with E-state index in [9.17, 15) is 4.79 Å². The Bertz CT molecular complexity index is 705. The van der Waals surface area contributed by atoms with Gasteiger partial charge in [-0.25, -0.2) is 4.79 Å². The van der Waals surface area contributed by atoms with Gasteiger partial charge >= 0.3 is 5.97 Å². The molecule has 0 atom stereocenters. The fraction of sp³-hybridized carbons (Fsp3) is 0.318. The van der Waals surface area contributed by atoms with Crippen LogP contribution < -0.4 is 4.74 Å². The highest BCUT2D eigenvalue weighted by atomic mass is 16.5. The second kappa shape index (κ2) is 7.48. The molecule has 0 aromatic heterocycles. The summed E-state index contributed by atoms with van der Waals surface area (Å²) in [5, 5.41) is 0. The van der Waals surface area contributed by atoms with Gasteiger partial charge in [0.05, 0.1) is 0 Å². The van der Waals surface area contributed by atoms with Gasteiger partial charge in [-0.3, -0.25) is 0 Å². The molecular weight excluding hydrogens is 296 g/mol. The fourth-order valence-electron chi connectivity index (χ4n) is 3.14. The SMILES string of the molecule is C=C(C)C(=O)Oc1ccc(C(CC)(CC)c2ccc(C)cc2)cc1. The molecule has 126 valence electrons. The summed E-state index contributed by atoms with van der Waals surface area (Å²) in [5.41, 5.74) is 4.21. The lowest BCUT2D eigenvalue weighted by molar-refractivity contribution is -0.130. The molecule has 2 aromatic rings. The zero-order valence-electron chi connectivity index (χ0n) is 15.1. The van der Waals surface area contributed by atoms with Crippen LogP contribution in [-0.4, -0.2) is 5.97 Å². The number of carbonyl (C=O) groups excluding carboxylic acids is 1. The molecule has 2 rings (SSSR count). The smallest absolute Gasteiger partial charge is 0.338 e. The summed E-state index contributed by atoms with van der Waals surface area (Å²) in [6, 6.07) is 16.6. The van der Waals surface area contributed by atoms with Crippen LogP contribution in [0.4, 0.5) is 0 Å². The number of aryl methyl sites for hydroxylation is 1. The van der Waals surface area contributed by atoms with Gasteiger partial charge < -0.3 is 4.74 Å². The van der Waals surface area contributed by atoms with Crippen LogP contribution in [0.3, 0.4) is 0 Å². The Balaban J connectivity index is 2.36. The topological polar surface area (TPSA) is 26.3 Å². The Hall–Kier alpha value is -2.35. The van der Waals surface area contributed by atoms with Crippen molar-refractivity contribution in [2.45, 2.75) is 46.0 Å². The molecule has 0 heterocycles. The van der Waals surface area contributed by atoms with Crippen molar-refractivity contribution < 1.29 is 9.53 Å². The average molecular weight is 322 g/mol. The van der Waals surface area contributed by atoms with Crippen LogP contribution in [-0.2, 0) is 10.2 Å². The maximum atomic E-state index is 11.6. The molecule has 0 fully saturated rings. The molecule has 2 heteroatoms. The Morgan fingerprint density at radius 3 is 1.83 bits per heavy atom. The monoisotopic (exact) mass is 322 g/mol. The molecule has 24 heavy (non-hydrogen) atoms. The Morgan fingerprint density at radius 2 is 1.42 bits per heavy atom. The summed E-state index contributed by atoms with van der Waals surface area (Å²) in [4.78, 5) is 11.6. The van der Waals surface area contributed by atoms with Gasteiger partial charge in [-0.05, 0) is 49.9 Å². The fourth-order valence-corrected chi connectivity index (χ4v) is 3.14. The molecule has 0 radical (unpaired) electrons. The van der Waals surface area contributed by atoms with Crippen LogP contribution in [0.15, 0.2) is 60.7 Å². The number of rotatable bonds is 6. The van der Waals surface area contributed by atoms with E-state index in [1.165, 1.54) is 16.7 Å². The van der Waals surface area contributed by atoms with Crippen molar-refractivity contribution >= 4 is 5.97 Å². The van der Waals surface area contributed by atoms with Crippen LogP contribution in [0.25, 0.3) is 0 Å². The molecule has 2 nitrogen and oxygen atoms in total. The highest BCUT2D eigenvalue weighted by Gasteiger charge is 2.30. The third-order valence-corrected chi connectivity index (χ3v) is 4.78. The minimum absolute atomic E-state index is 0.0232. The quantitative estimate of drug-likeness (QED) is 0.394. The van der Waals surface area contributed by atoms with Gasteiger partial charge in [-0.2, -0.15) is 0 Å². The summed E-state index contributed by atoms with van der Waals surface area (Å²) < 4.78 is 5.29. The number of esters is 1. The van der Waals surface area contributed by atoms with Crippen LogP contribution in [0.2, 0.25) is 0 Å². The molecule has 0 unspecified atom stereocenters. The van der Waals surface area contributed by atoms with Crippen molar-refractivity contribution in [3.63, 3.8) is 0 Å². The van der Waals surface area contributed by atoms with Crippen molar-refractivity contribution in [1.29, 1.82) is 0 Å². The minimum atomic E-state index is -0.390. The minimum Gasteiger partial charge on any atom is -0.423 e. The second-order valence-corrected chi connectivity index (χ2v) is 6.35. The van der Waals surface area contributed by atoms with Crippen molar-refractivity contribution in [1.82, 2.24) is 0 Å². The second-order valence-electron chi connectivity index (χ2n) is 6.35. The summed E-state index contributed by atoms with van der Waals surface area (Å²) in [7, 11) is 0. The van der Waals surface area contributed by atoms with E-state index < -0.39 is 5.97 Å². The lowest BCUT2D eigenvalue weighted by Gasteiger charge is -2.33. The molecule has 0 aliphatic rings. The van der Waals surface area contributed by atoms with Gasteiger partial charge in [0, 0.05) is 11.0 Å². The maximum Gasteiger partial charge on any atom is 0.338 e. The zero-order chi connectivity index (χ0) is 17.7. The van der Waals surface area contributed by atoms with Crippen molar-refractivity contribution in [3.05, 3.63) is 77.4 Å². The largest absolute Gasteiger partial charge is 0.423 e. The molecule has 2 aromatic carbocycles. The Labute approximate surface area is 145 Å². The standard InChI is InChI=1S/C22H26O2/c1-6-22(7-2,18-10-8-17(5)9-11-18)19-12-14-20(15-13-19)24-21(23)16(3)4/h8-15H,3,6-7H2,1-2,4-5H3. The predicted octanol–water partition coefficient (Wildman–Crippen LogP) is 5.58. The van der Waals surface area contributed by atoms with Gasteiger partial charge in [0.15, 0.2) is 0 Å². The van der Waals surface area contributed by atoms with Crippen LogP contribution >= 0.6 is 0 Å². The molecule has 0 aliphatic carbocycles. The first-order valence-corrected chi connectivity index (χ1v) is 8.48. The molecule has 0 spiro atoms.